The van der Waals surface area contributed by atoms with E-state index in [1.165, 1.54) is 32.3 Å². The van der Waals surface area contributed by atoms with Crippen molar-refractivity contribution in [2.45, 2.75) is 24.2 Å². The number of halogens is 2. The number of nitrogens with one attached hydrogen (secondary N) is 1. The molecule has 0 bridgehead atoms. The fourth-order valence-electron chi connectivity index (χ4n) is 2.46. The summed E-state index contributed by atoms with van der Waals surface area (Å²) >= 11 is 12.2. The van der Waals surface area contributed by atoms with Crippen LogP contribution in [0.4, 0.5) is 0 Å². The van der Waals surface area contributed by atoms with Gasteiger partial charge in [0.2, 0.25) is 10.0 Å². The van der Waals surface area contributed by atoms with Crippen LogP contribution in [-0.2, 0) is 15.4 Å². The van der Waals surface area contributed by atoms with Crippen molar-refractivity contribution in [1.29, 1.82) is 0 Å². The minimum atomic E-state index is -3.66. The lowest BCUT2D eigenvalue weighted by Gasteiger charge is -2.26. The number of amides is 1. The average molecular weight is 429 g/mol. The Balaban J connectivity index is 2.23. The molecule has 2 aromatic rings. The highest BCUT2D eigenvalue weighted by Crippen LogP contribution is 2.26. The maximum Gasteiger partial charge on any atom is 0.252 e. The van der Waals surface area contributed by atoms with E-state index in [1.54, 1.807) is 6.07 Å². The van der Waals surface area contributed by atoms with E-state index in [1.807, 2.05) is 32.0 Å². The molecule has 0 radical (unpaired) electrons. The highest BCUT2D eigenvalue weighted by atomic mass is 35.5. The molecule has 0 saturated heterocycles. The Bertz CT molecular complexity index is 957. The number of carbonyl (C=O) groups is 1. The Morgan fingerprint density at radius 1 is 1.11 bits per heavy atom. The lowest BCUT2D eigenvalue weighted by molar-refractivity contribution is 0.0945. The number of sulfonamides is 1. The number of carbonyl (C=O) groups excluding carboxylic acids is 1. The van der Waals surface area contributed by atoms with E-state index < -0.39 is 15.9 Å². The van der Waals surface area contributed by atoms with Gasteiger partial charge in [-0.2, -0.15) is 0 Å². The van der Waals surface area contributed by atoms with Crippen LogP contribution in [0.1, 0.15) is 29.8 Å². The summed E-state index contributed by atoms with van der Waals surface area (Å²) in [7, 11) is -0.805. The molecule has 0 aromatic heterocycles. The van der Waals surface area contributed by atoms with E-state index in [9.17, 15) is 13.2 Å². The molecule has 8 heteroatoms. The average Bonchev–Trinajstić information content (AvgIpc) is 2.59. The van der Waals surface area contributed by atoms with E-state index in [0.29, 0.717) is 11.6 Å². The van der Waals surface area contributed by atoms with Crippen molar-refractivity contribution >= 4 is 39.1 Å². The summed E-state index contributed by atoms with van der Waals surface area (Å²) in [5.74, 6) is -0.439. The number of benzene rings is 2. The Morgan fingerprint density at radius 2 is 1.78 bits per heavy atom. The van der Waals surface area contributed by atoms with E-state index in [4.69, 9.17) is 23.2 Å². The first-order chi connectivity index (χ1) is 12.4. The van der Waals surface area contributed by atoms with Crippen LogP contribution in [0.25, 0.3) is 0 Å². The molecule has 5 nitrogen and oxygen atoms in total. The van der Waals surface area contributed by atoms with Crippen LogP contribution in [0.2, 0.25) is 10.0 Å². The zero-order valence-electron chi connectivity index (χ0n) is 15.6. The van der Waals surface area contributed by atoms with Crippen LogP contribution in [0.3, 0.4) is 0 Å². The summed E-state index contributed by atoms with van der Waals surface area (Å²) < 4.78 is 25.7. The van der Waals surface area contributed by atoms with Crippen LogP contribution in [-0.4, -0.2) is 39.3 Å². The van der Waals surface area contributed by atoms with Gasteiger partial charge in [-0.25, -0.2) is 12.7 Å². The Hall–Kier alpha value is -1.60. The van der Waals surface area contributed by atoms with Gasteiger partial charge in [-0.15, -0.1) is 0 Å². The summed E-state index contributed by atoms with van der Waals surface area (Å²) in [5, 5.41) is 3.64. The van der Waals surface area contributed by atoms with Crippen molar-refractivity contribution < 1.29 is 13.2 Å². The third-order valence-corrected chi connectivity index (χ3v) is 6.63. The minimum absolute atomic E-state index is 0.0103. The third-order valence-electron chi connectivity index (χ3n) is 4.26. The summed E-state index contributed by atoms with van der Waals surface area (Å²) in [6.07, 6.45) is 0. The van der Waals surface area contributed by atoms with Gasteiger partial charge >= 0.3 is 0 Å². The highest BCUT2D eigenvalue weighted by molar-refractivity contribution is 7.89. The third kappa shape index (κ3) is 5.02. The summed E-state index contributed by atoms with van der Waals surface area (Å²) in [5.41, 5.74) is 0.715. The first-order valence-electron chi connectivity index (χ1n) is 8.21. The zero-order valence-corrected chi connectivity index (χ0v) is 17.9. The molecule has 0 aliphatic carbocycles. The van der Waals surface area contributed by atoms with Gasteiger partial charge in [0.15, 0.2) is 0 Å². The van der Waals surface area contributed by atoms with Crippen molar-refractivity contribution in [3.8, 4) is 0 Å². The molecule has 0 atom stereocenters. The number of hydrogen-bond donors (Lipinski definition) is 1. The van der Waals surface area contributed by atoms with Gasteiger partial charge in [0.05, 0.1) is 15.5 Å². The summed E-state index contributed by atoms with van der Waals surface area (Å²) in [6.45, 7) is 4.29. The molecular formula is C19H22Cl2N2O3S. The molecular weight excluding hydrogens is 407 g/mol. The van der Waals surface area contributed by atoms with Gasteiger partial charge < -0.3 is 5.32 Å². The second-order valence-electron chi connectivity index (χ2n) is 7.01. The fourth-order valence-corrected chi connectivity index (χ4v) is 3.78. The van der Waals surface area contributed by atoms with E-state index >= 15 is 0 Å². The molecule has 2 aromatic carbocycles. The Morgan fingerprint density at radius 3 is 2.37 bits per heavy atom. The monoisotopic (exact) mass is 428 g/mol. The lowest BCUT2D eigenvalue weighted by Crippen LogP contribution is -2.37. The molecule has 146 valence electrons. The molecule has 0 saturated carbocycles. The second kappa shape index (κ2) is 8.19. The lowest BCUT2D eigenvalue weighted by atomic mass is 9.84. The van der Waals surface area contributed by atoms with Gasteiger partial charge in [0.25, 0.3) is 5.91 Å². The number of nitrogens with zero attached hydrogens (tertiary/aromatic N) is 1. The van der Waals surface area contributed by atoms with Gasteiger partial charge in [0.1, 0.15) is 0 Å². The van der Waals surface area contributed by atoms with E-state index in [2.05, 4.69) is 5.32 Å². The van der Waals surface area contributed by atoms with Gasteiger partial charge in [-0.3, -0.25) is 4.79 Å². The Kier molecular flexibility index (Phi) is 6.58. The molecule has 0 heterocycles. The molecule has 0 unspecified atom stereocenters. The van der Waals surface area contributed by atoms with Crippen LogP contribution in [0.15, 0.2) is 47.4 Å². The standard InChI is InChI=1S/C19H22Cl2N2O3S/c1-19(2,13-6-5-7-14(20)10-13)12-22-18(24)16-11-15(8-9-17(16)21)27(25,26)23(3)4/h5-11H,12H2,1-4H3,(H,22,24). The zero-order chi connectivity index (χ0) is 20.4. The highest BCUT2D eigenvalue weighted by Gasteiger charge is 2.24. The van der Waals surface area contributed by atoms with Crippen LogP contribution in [0, 0.1) is 0 Å². The van der Waals surface area contributed by atoms with Crippen molar-refractivity contribution in [3.05, 3.63) is 63.6 Å². The largest absolute Gasteiger partial charge is 0.351 e. The second-order valence-corrected chi connectivity index (χ2v) is 10.0. The maximum atomic E-state index is 12.6. The SMILES string of the molecule is CN(C)S(=O)(=O)c1ccc(Cl)c(C(=O)NCC(C)(C)c2cccc(Cl)c2)c1. The van der Waals surface area contributed by atoms with Crippen molar-refractivity contribution in [2.75, 3.05) is 20.6 Å². The smallest absolute Gasteiger partial charge is 0.252 e. The molecule has 2 rings (SSSR count). The van der Waals surface area contributed by atoms with Crippen molar-refractivity contribution in [2.24, 2.45) is 0 Å². The van der Waals surface area contributed by atoms with Gasteiger partial charge in [-0.1, -0.05) is 49.2 Å². The van der Waals surface area contributed by atoms with Crippen molar-refractivity contribution in [1.82, 2.24) is 9.62 Å². The quantitative estimate of drug-likeness (QED) is 0.756. The molecule has 0 aliphatic heterocycles. The van der Waals surface area contributed by atoms with Crippen LogP contribution < -0.4 is 5.32 Å². The predicted molar refractivity (Wildman–Crippen MR) is 109 cm³/mol. The number of hydrogen-bond acceptors (Lipinski definition) is 3. The Labute approximate surface area is 170 Å². The van der Waals surface area contributed by atoms with Crippen molar-refractivity contribution in [3.63, 3.8) is 0 Å². The summed E-state index contributed by atoms with van der Waals surface area (Å²) in [6, 6.07) is 11.5. The van der Waals surface area contributed by atoms with E-state index in [0.717, 1.165) is 9.87 Å². The minimum Gasteiger partial charge on any atom is -0.351 e. The maximum absolute atomic E-state index is 12.6. The molecule has 0 spiro atoms. The topological polar surface area (TPSA) is 66.5 Å². The number of rotatable bonds is 6. The van der Waals surface area contributed by atoms with Gasteiger partial charge in [0, 0.05) is 31.1 Å². The normalized spacial score (nSPS) is 12.3. The fraction of sp³-hybridized carbons (Fsp3) is 0.316. The molecule has 0 fully saturated rings. The first-order valence-corrected chi connectivity index (χ1v) is 10.4. The molecule has 1 N–H and O–H groups in total. The van der Waals surface area contributed by atoms with E-state index in [-0.39, 0.29) is 20.9 Å². The molecule has 27 heavy (non-hydrogen) atoms. The first kappa shape index (κ1) is 21.7. The summed E-state index contributed by atoms with van der Waals surface area (Å²) in [4.78, 5) is 12.6. The molecule has 0 aliphatic rings. The molecule has 1 amide bonds. The van der Waals surface area contributed by atoms with Crippen LogP contribution in [0.5, 0.6) is 0 Å². The predicted octanol–water partition coefficient (Wildman–Crippen LogP) is 3.95. The van der Waals surface area contributed by atoms with Crippen LogP contribution >= 0.6 is 23.2 Å². The van der Waals surface area contributed by atoms with Gasteiger partial charge in [-0.05, 0) is 35.9 Å².